The number of hydrogen-bond acceptors (Lipinski definition) is 9. The molecular weight excluding hydrogens is 781 g/mol. The van der Waals surface area contributed by atoms with Crippen LogP contribution < -0.4 is 16.0 Å². The predicted octanol–water partition coefficient (Wildman–Crippen LogP) is 6.14. The molecule has 1 aliphatic rings. The molecule has 5 amide bonds. The van der Waals surface area contributed by atoms with Crippen LogP contribution in [0.25, 0.3) is 10.9 Å². The summed E-state index contributed by atoms with van der Waals surface area (Å²) in [4.78, 5) is 81.0. The van der Waals surface area contributed by atoms with Gasteiger partial charge in [0.05, 0.1) is 17.7 Å². The number of piperazine rings is 1. The molecule has 4 heterocycles. The van der Waals surface area contributed by atoms with Crippen LogP contribution in [0.1, 0.15) is 93.1 Å². The van der Waals surface area contributed by atoms with Gasteiger partial charge < -0.3 is 49.6 Å². The van der Waals surface area contributed by atoms with E-state index in [2.05, 4.69) is 30.9 Å². The Kier molecular flexibility index (Phi) is 14.2. The number of rotatable bonds is 16. The maximum Gasteiger partial charge on any atom is 0.407 e. The van der Waals surface area contributed by atoms with E-state index in [0.29, 0.717) is 63.5 Å². The largest absolute Gasteiger partial charge is 0.459 e. The molecule has 0 saturated carbocycles. The van der Waals surface area contributed by atoms with Crippen LogP contribution in [-0.2, 0) is 37.5 Å². The van der Waals surface area contributed by atoms with E-state index in [9.17, 15) is 24.0 Å². The zero-order valence-corrected chi connectivity index (χ0v) is 35.4. The van der Waals surface area contributed by atoms with E-state index in [-0.39, 0.29) is 30.7 Å². The first-order chi connectivity index (χ1) is 29.2. The molecule has 2 aromatic carbocycles. The van der Waals surface area contributed by atoms with Gasteiger partial charge >= 0.3 is 18.1 Å². The van der Waals surface area contributed by atoms with E-state index in [4.69, 9.17) is 13.9 Å². The van der Waals surface area contributed by atoms with E-state index in [0.717, 1.165) is 22.0 Å². The molecule has 6 rings (SSSR count). The number of nitrogens with one attached hydrogen (secondary N) is 5. The summed E-state index contributed by atoms with van der Waals surface area (Å²) in [6.07, 6.45) is 6.10. The summed E-state index contributed by atoms with van der Waals surface area (Å²) in [6, 6.07) is 18.7. The van der Waals surface area contributed by atoms with Crippen molar-refractivity contribution in [2.75, 3.05) is 32.7 Å². The molecule has 0 unspecified atom stereocenters. The van der Waals surface area contributed by atoms with Gasteiger partial charge in [0.25, 0.3) is 5.91 Å². The molecule has 1 aliphatic heterocycles. The summed E-state index contributed by atoms with van der Waals surface area (Å²) >= 11 is 0. The number of hydrogen-bond donors (Lipinski definition) is 5. The number of aromatic nitrogens is 3. The Bertz CT molecular complexity index is 2250. The predicted molar refractivity (Wildman–Crippen MR) is 227 cm³/mol. The van der Waals surface area contributed by atoms with Crippen LogP contribution in [0.3, 0.4) is 0 Å². The molecule has 61 heavy (non-hydrogen) atoms. The van der Waals surface area contributed by atoms with Crippen molar-refractivity contribution in [3.63, 3.8) is 0 Å². The standard InChI is InChI=1S/C45H56N8O8/c1-44(2,3)61-40(55)34(18-11-12-20-46-43(58)60-29-30-14-7-6-8-15-30)49-41(56)45(4,5)37-28-48-38(51-37)35(26-31-27-47-33-17-10-9-16-32(31)33)50-42(57)53-23-21-52(22-24-53)39(54)36-19-13-25-59-36/h6-10,13-17,19,25,27-28,34-35,47H,11-12,18,20-24,26,29H2,1-5H3,(H,46,58)(H,48,51)(H,49,56)(H,50,57)/t34-,35-/m1/s1. The lowest BCUT2D eigenvalue weighted by molar-refractivity contribution is -0.159. The lowest BCUT2D eigenvalue weighted by Gasteiger charge is -2.35. The number of ether oxygens (including phenoxy) is 2. The van der Waals surface area contributed by atoms with Crippen LogP contribution >= 0.6 is 0 Å². The zero-order valence-electron chi connectivity index (χ0n) is 35.4. The Labute approximate surface area is 355 Å². The normalized spacial score (nSPS) is 14.2. The fourth-order valence-corrected chi connectivity index (χ4v) is 7.00. The minimum absolute atomic E-state index is 0.155. The molecule has 5 N–H and O–H groups in total. The third-order valence-electron chi connectivity index (χ3n) is 10.5. The van der Waals surface area contributed by atoms with Gasteiger partial charge in [-0.05, 0) is 83.2 Å². The van der Waals surface area contributed by atoms with Gasteiger partial charge in [0, 0.05) is 68.1 Å². The quantitative estimate of drug-likeness (QED) is 0.0572. The van der Waals surface area contributed by atoms with Gasteiger partial charge in [-0.2, -0.15) is 0 Å². The average Bonchev–Trinajstić information content (AvgIpc) is 4.05. The van der Waals surface area contributed by atoms with Crippen molar-refractivity contribution in [2.24, 2.45) is 0 Å². The van der Waals surface area contributed by atoms with Gasteiger partial charge in [-0.1, -0.05) is 48.5 Å². The highest BCUT2D eigenvalue weighted by molar-refractivity contribution is 5.92. The number of fused-ring (bicyclic) bond motifs is 1. The number of aromatic amines is 2. The number of para-hydroxylation sites is 1. The Hall–Kier alpha value is -6.58. The first kappa shape index (κ1) is 44.0. The van der Waals surface area contributed by atoms with Gasteiger partial charge in [0.2, 0.25) is 5.91 Å². The second-order valence-corrected chi connectivity index (χ2v) is 16.7. The van der Waals surface area contributed by atoms with Crippen molar-refractivity contribution in [1.29, 1.82) is 0 Å². The van der Waals surface area contributed by atoms with Gasteiger partial charge in [0.1, 0.15) is 24.1 Å². The Balaban J connectivity index is 1.10. The van der Waals surface area contributed by atoms with Gasteiger partial charge in [-0.15, -0.1) is 0 Å². The number of alkyl carbamates (subject to hydrolysis) is 1. The highest BCUT2D eigenvalue weighted by Crippen LogP contribution is 2.28. The molecule has 1 fully saturated rings. The van der Waals surface area contributed by atoms with E-state index in [1.165, 1.54) is 6.26 Å². The summed E-state index contributed by atoms with van der Waals surface area (Å²) < 4.78 is 16.3. The summed E-state index contributed by atoms with van der Waals surface area (Å²) in [5.41, 5.74) is 1.29. The molecule has 16 nitrogen and oxygen atoms in total. The monoisotopic (exact) mass is 836 g/mol. The molecule has 0 spiro atoms. The van der Waals surface area contributed by atoms with Gasteiger partial charge in [-0.3, -0.25) is 9.59 Å². The number of urea groups is 1. The molecule has 5 aromatic rings. The number of esters is 1. The van der Waals surface area contributed by atoms with Crippen LogP contribution in [-0.4, -0.2) is 99.0 Å². The Morgan fingerprint density at radius 1 is 0.869 bits per heavy atom. The average molecular weight is 837 g/mol. The molecule has 3 aromatic heterocycles. The number of imidazole rings is 1. The fraction of sp³-hybridized carbons (Fsp3) is 0.422. The SMILES string of the molecule is CC(C)(C)OC(=O)[C@@H](CCCCNC(=O)OCc1ccccc1)NC(=O)C(C)(C)c1cnc([C@@H](Cc2c[nH]c3ccccc23)NC(=O)N2CCN(C(=O)c3ccco3)CC2)[nH]1. The maximum atomic E-state index is 14.1. The number of nitrogens with zero attached hydrogens (tertiary/aromatic N) is 3. The number of benzene rings is 2. The Morgan fingerprint density at radius 2 is 1.59 bits per heavy atom. The third-order valence-corrected chi connectivity index (χ3v) is 10.5. The lowest BCUT2D eigenvalue weighted by Crippen LogP contribution is -2.53. The summed E-state index contributed by atoms with van der Waals surface area (Å²) in [5, 5.41) is 9.81. The highest BCUT2D eigenvalue weighted by atomic mass is 16.6. The molecule has 16 heteroatoms. The van der Waals surface area contributed by atoms with Crippen molar-refractivity contribution < 1.29 is 37.9 Å². The van der Waals surface area contributed by atoms with Gasteiger partial charge in [-0.25, -0.2) is 19.4 Å². The smallest absolute Gasteiger partial charge is 0.407 e. The number of H-pyrrole nitrogens is 2. The number of carbonyl (C=O) groups excluding carboxylic acids is 5. The van der Waals surface area contributed by atoms with Crippen molar-refractivity contribution in [2.45, 2.75) is 90.0 Å². The minimum Gasteiger partial charge on any atom is -0.459 e. The van der Waals surface area contributed by atoms with Crippen LogP contribution in [0.5, 0.6) is 0 Å². The summed E-state index contributed by atoms with van der Waals surface area (Å²) in [7, 11) is 0. The number of carbonyl (C=O) groups is 5. The molecule has 2 atom stereocenters. The third kappa shape index (κ3) is 11.8. The molecular formula is C45H56N8O8. The Morgan fingerprint density at radius 3 is 2.31 bits per heavy atom. The molecule has 0 aliphatic carbocycles. The molecule has 1 saturated heterocycles. The van der Waals surface area contributed by atoms with Crippen molar-refractivity contribution >= 4 is 40.8 Å². The number of furan rings is 1. The van der Waals surface area contributed by atoms with Crippen LogP contribution in [0.2, 0.25) is 0 Å². The first-order valence-corrected chi connectivity index (χ1v) is 20.6. The highest BCUT2D eigenvalue weighted by Gasteiger charge is 2.37. The van der Waals surface area contributed by atoms with E-state index in [1.54, 1.807) is 62.7 Å². The second kappa shape index (κ2) is 19.7. The van der Waals surface area contributed by atoms with E-state index < -0.39 is 41.1 Å². The van der Waals surface area contributed by atoms with Crippen LogP contribution in [0, 0.1) is 0 Å². The van der Waals surface area contributed by atoms with Crippen molar-refractivity contribution in [1.82, 2.24) is 40.7 Å². The van der Waals surface area contributed by atoms with Crippen molar-refractivity contribution in [3.8, 4) is 0 Å². The second-order valence-electron chi connectivity index (χ2n) is 16.7. The minimum atomic E-state index is -1.19. The van der Waals surface area contributed by atoms with Crippen molar-refractivity contribution in [3.05, 3.63) is 114 Å². The fourth-order valence-electron chi connectivity index (χ4n) is 7.00. The summed E-state index contributed by atoms with van der Waals surface area (Å²) in [5.74, 6) is -0.517. The summed E-state index contributed by atoms with van der Waals surface area (Å²) in [6.45, 7) is 10.6. The van der Waals surface area contributed by atoms with Crippen LogP contribution in [0.15, 0.2) is 89.8 Å². The van der Waals surface area contributed by atoms with Gasteiger partial charge in [0.15, 0.2) is 5.76 Å². The molecule has 0 radical (unpaired) electrons. The number of unbranched alkanes of at least 4 members (excludes halogenated alkanes) is 1. The number of amides is 5. The topological polar surface area (TPSA) is 204 Å². The maximum absolute atomic E-state index is 14.1. The zero-order chi connectivity index (χ0) is 43.6. The van der Waals surface area contributed by atoms with Crippen LogP contribution in [0.4, 0.5) is 9.59 Å². The lowest BCUT2D eigenvalue weighted by atomic mass is 9.88. The molecule has 0 bridgehead atoms. The molecule has 324 valence electrons. The van der Waals surface area contributed by atoms with E-state index in [1.807, 2.05) is 60.8 Å². The van der Waals surface area contributed by atoms with E-state index >= 15 is 0 Å². The first-order valence-electron chi connectivity index (χ1n) is 20.6.